The molecule has 178 valence electrons. The average Bonchev–Trinajstić information content (AvgIpc) is 2.81. The van der Waals surface area contributed by atoms with Crippen molar-refractivity contribution in [3.8, 4) is 0 Å². The van der Waals surface area contributed by atoms with Gasteiger partial charge in [0.05, 0.1) is 27.5 Å². The largest absolute Gasteiger partial charge is 0.348 e. The first-order valence-electron chi connectivity index (χ1n) is 10.8. The van der Waals surface area contributed by atoms with Crippen LogP contribution in [-0.2, 0) is 27.8 Å². The van der Waals surface area contributed by atoms with Gasteiger partial charge in [0.2, 0.25) is 15.9 Å². The molecular formula is C25H23Cl3N2O3S. The molecule has 1 N–H and O–H groups in total. The summed E-state index contributed by atoms with van der Waals surface area (Å²) in [6.45, 7) is -0.388. The van der Waals surface area contributed by atoms with Crippen LogP contribution in [0.15, 0.2) is 71.6 Å². The lowest BCUT2D eigenvalue weighted by atomic mass is 9.88. The molecule has 1 unspecified atom stereocenters. The molecule has 1 amide bonds. The third-order valence-electron chi connectivity index (χ3n) is 5.82. The Hall–Kier alpha value is -2.09. The first kappa shape index (κ1) is 25.0. The molecule has 0 heterocycles. The summed E-state index contributed by atoms with van der Waals surface area (Å²) in [5, 5.41) is 4.13. The van der Waals surface area contributed by atoms with Crippen molar-refractivity contribution in [2.45, 2.75) is 36.7 Å². The van der Waals surface area contributed by atoms with Crippen LogP contribution in [0.1, 0.15) is 35.6 Å². The van der Waals surface area contributed by atoms with E-state index in [4.69, 9.17) is 34.8 Å². The highest BCUT2D eigenvalue weighted by atomic mass is 35.5. The van der Waals surface area contributed by atoms with Gasteiger partial charge in [-0.2, -0.15) is 4.31 Å². The number of carbonyl (C=O) groups is 1. The van der Waals surface area contributed by atoms with Gasteiger partial charge in [-0.05, 0) is 72.4 Å². The van der Waals surface area contributed by atoms with Crippen molar-refractivity contribution in [2.75, 3.05) is 6.54 Å². The van der Waals surface area contributed by atoms with Crippen molar-refractivity contribution >= 4 is 50.7 Å². The van der Waals surface area contributed by atoms with Crippen LogP contribution in [0, 0.1) is 0 Å². The van der Waals surface area contributed by atoms with E-state index in [1.165, 1.54) is 29.8 Å². The lowest BCUT2D eigenvalue weighted by Crippen LogP contribution is -2.42. The minimum Gasteiger partial charge on any atom is -0.348 e. The number of halogens is 3. The molecule has 3 aromatic carbocycles. The number of amides is 1. The van der Waals surface area contributed by atoms with Crippen LogP contribution < -0.4 is 5.32 Å². The normalized spacial score (nSPS) is 15.7. The van der Waals surface area contributed by atoms with Gasteiger partial charge in [0.1, 0.15) is 0 Å². The monoisotopic (exact) mass is 536 g/mol. The van der Waals surface area contributed by atoms with Gasteiger partial charge >= 0.3 is 0 Å². The Morgan fingerprint density at radius 3 is 2.44 bits per heavy atom. The standard InChI is InChI=1S/C25H23Cl3N2O3S/c26-19-9-11-20(12-10-19)34(32,33)30(15-17-8-13-22(27)23(28)14-17)16-25(31)29-24-7-3-5-18-4-1-2-6-21(18)24/h1-2,4,6,8-14,24H,3,5,7,15-16H2,(H,29,31). The van der Waals surface area contributed by atoms with E-state index in [0.29, 0.717) is 20.6 Å². The first-order chi connectivity index (χ1) is 16.2. The fourth-order valence-corrected chi connectivity index (χ4v) is 5.96. The van der Waals surface area contributed by atoms with Crippen LogP contribution in [0.25, 0.3) is 0 Å². The Morgan fingerprint density at radius 1 is 0.971 bits per heavy atom. The average molecular weight is 538 g/mol. The Labute approximate surface area is 214 Å². The van der Waals surface area contributed by atoms with Crippen molar-refractivity contribution < 1.29 is 13.2 Å². The van der Waals surface area contributed by atoms with Gasteiger partial charge in [-0.25, -0.2) is 8.42 Å². The number of fused-ring (bicyclic) bond motifs is 1. The highest BCUT2D eigenvalue weighted by Crippen LogP contribution is 2.30. The maximum Gasteiger partial charge on any atom is 0.243 e. The van der Waals surface area contributed by atoms with Crippen molar-refractivity contribution in [1.29, 1.82) is 0 Å². The summed E-state index contributed by atoms with van der Waals surface area (Å²) in [7, 11) is -4.00. The molecule has 1 aliphatic rings. The number of hydrogen-bond donors (Lipinski definition) is 1. The second kappa shape index (κ2) is 10.7. The molecule has 34 heavy (non-hydrogen) atoms. The molecule has 1 aliphatic carbocycles. The highest BCUT2D eigenvalue weighted by molar-refractivity contribution is 7.89. The van der Waals surface area contributed by atoms with Crippen LogP contribution in [0.4, 0.5) is 0 Å². The van der Waals surface area contributed by atoms with E-state index in [9.17, 15) is 13.2 Å². The van der Waals surface area contributed by atoms with Gasteiger partial charge in [0.15, 0.2) is 0 Å². The quantitative estimate of drug-likeness (QED) is 0.400. The highest BCUT2D eigenvalue weighted by Gasteiger charge is 2.29. The third-order valence-corrected chi connectivity index (χ3v) is 8.62. The van der Waals surface area contributed by atoms with Gasteiger partial charge in [0, 0.05) is 11.6 Å². The van der Waals surface area contributed by atoms with Gasteiger partial charge in [0.25, 0.3) is 0 Å². The van der Waals surface area contributed by atoms with Crippen LogP contribution in [0.5, 0.6) is 0 Å². The minimum atomic E-state index is -4.00. The van der Waals surface area contributed by atoms with Gasteiger partial charge in [-0.3, -0.25) is 4.79 Å². The van der Waals surface area contributed by atoms with E-state index in [-0.39, 0.29) is 29.9 Å². The molecular weight excluding hydrogens is 515 g/mol. The fraction of sp³-hybridized carbons (Fsp3) is 0.240. The number of carbonyl (C=O) groups excluding carboxylic acids is 1. The molecule has 9 heteroatoms. The summed E-state index contributed by atoms with van der Waals surface area (Å²) in [6, 6.07) is 18.6. The number of sulfonamides is 1. The van der Waals surface area contributed by atoms with Crippen molar-refractivity contribution in [3.63, 3.8) is 0 Å². The lowest BCUT2D eigenvalue weighted by Gasteiger charge is -2.28. The number of nitrogens with one attached hydrogen (secondary N) is 1. The molecule has 0 saturated carbocycles. The van der Waals surface area contributed by atoms with E-state index in [2.05, 4.69) is 11.4 Å². The second-order valence-electron chi connectivity index (χ2n) is 8.19. The Kier molecular flexibility index (Phi) is 7.85. The molecule has 0 radical (unpaired) electrons. The number of nitrogens with zero attached hydrogens (tertiary/aromatic N) is 1. The molecule has 0 bridgehead atoms. The van der Waals surface area contributed by atoms with E-state index in [1.54, 1.807) is 18.2 Å². The van der Waals surface area contributed by atoms with E-state index in [0.717, 1.165) is 29.1 Å². The summed E-state index contributed by atoms with van der Waals surface area (Å²) < 4.78 is 28.1. The van der Waals surface area contributed by atoms with Crippen molar-refractivity contribution in [1.82, 2.24) is 9.62 Å². The fourth-order valence-electron chi connectivity index (χ4n) is 4.13. The predicted molar refractivity (Wildman–Crippen MR) is 136 cm³/mol. The van der Waals surface area contributed by atoms with Gasteiger partial charge < -0.3 is 5.32 Å². The molecule has 5 nitrogen and oxygen atoms in total. The Morgan fingerprint density at radius 2 is 1.71 bits per heavy atom. The second-order valence-corrected chi connectivity index (χ2v) is 11.4. The van der Waals surface area contributed by atoms with E-state index < -0.39 is 10.0 Å². The summed E-state index contributed by atoms with van der Waals surface area (Å²) in [4.78, 5) is 13.1. The zero-order valence-electron chi connectivity index (χ0n) is 18.2. The third kappa shape index (κ3) is 5.75. The van der Waals surface area contributed by atoms with Gasteiger partial charge in [-0.1, -0.05) is 65.1 Å². The van der Waals surface area contributed by atoms with Crippen LogP contribution in [0.2, 0.25) is 15.1 Å². The summed E-state index contributed by atoms with van der Waals surface area (Å²) >= 11 is 18.1. The number of rotatable bonds is 7. The smallest absolute Gasteiger partial charge is 0.243 e. The number of hydrogen-bond acceptors (Lipinski definition) is 3. The zero-order chi connectivity index (χ0) is 24.3. The van der Waals surface area contributed by atoms with E-state index in [1.807, 2.05) is 18.2 Å². The summed E-state index contributed by atoms with van der Waals surface area (Å²) in [5.74, 6) is -0.376. The number of aryl methyl sites for hydroxylation is 1. The maximum atomic E-state index is 13.5. The maximum absolute atomic E-state index is 13.5. The SMILES string of the molecule is O=C(CN(Cc1ccc(Cl)c(Cl)c1)S(=O)(=O)c1ccc(Cl)cc1)NC1CCCc2ccccc21. The lowest BCUT2D eigenvalue weighted by molar-refractivity contribution is -0.122. The van der Waals surface area contributed by atoms with Crippen molar-refractivity contribution in [3.05, 3.63) is 98.5 Å². The molecule has 0 spiro atoms. The molecule has 1 atom stereocenters. The summed E-state index contributed by atoms with van der Waals surface area (Å²) in [5.41, 5.74) is 2.90. The zero-order valence-corrected chi connectivity index (χ0v) is 21.3. The summed E-state index contributed by atoms with van der Waals surface area (Å²) in [6.07, 6.45) is 2.73. The molecule has 3 aromatic rings. The number of benzene rings is 3. The van der Waals surface area contributed by atoms with Gasteiger partial charge in [-0.15, -0.1) is 0 Å². The van der Waals surface area contributed by atoms with E-state index >= 15 is 0 Å². The van der Waals surface area contributed by atoms with Crippen LogP contribution >= 0.6 is 34.8 Å². The molecule has 0 fully saturated rings. The minimum absolute atomic E-state index is 0.0451. The Balaban J connectivity index is 1.59. The predicted octanol–water partition coefficient (Wildman–Crippen LogP) is 6.03. The topological polar surface area (TPSA) is 66.5 Å². The van der Waals surface area contributed by atoms with Crippen molar-refractivity contribution in [2.24, 2.45) is 0 Å². The van der Waals surface area contributed by atoms with Crippen LogP contribution in [-0.4, -0.2) is 25.2 Å². The van der Waals surface area contributed by atoms with Crippen LogP contribution in [0.3, 0.4) is 0 Å². The molecule has 0 aromatic heterocycles. The molecule has 0 aliphatic heterocycles. The molecule has 0 saturated heterocycles. The Bertz CT molecular complexity index is 1300. The first-order valence-corrected chi connectivity index (χ1v) is 13.4. The molecule has 4 rings (SSSR count).